The number of aryl methyl sites for hydroxylation is 1. The zero-order valence-corrected chi connectivity index (χ0v) is 18.3. The maximum absolute atomic E-state index is 13.2. The molecule has 3 rings (SSSR count). The van der Waals surface area contributed by atoms with Gasteiger partial charge >= 0.3 is 0 Å². The molecule has 1 unspecified atom stereocenters. The van der Waals surface area contributed by atoms with Gasteiger partial charge in [0.2, 0.25) is 0 Å². The molecule has 2 heterocycles. The quantitative estimate of drug-likeness (QED) is 0.290. The number of nitrogens with zero attached hydrogens (tertiary/aromatic N) is 4. The molecule has 0 bridgehead atoms. The number of nitrogens with two attached hydrogens (primary N) is 1. The standard InChI is InChI=1S/C22H30FN7O2/c1-26-22(28-11-3-12-32-18-9-13-31-15-18)27-10-2-4-20-19(14-24)21(25)30(29-20)17-7-5-16(23)6-8-17/h5-8,18H,2-4,9-13,15,25H2,1H3,(H2,26,27,28). The number of guanidine groups is 1. The van der Waals surface area contributed by atoms with Crippen molar-refractivity contribution < 1.29 is 13.9 Å². The fourth-order valence-electron chi connectivity index (χ4n) is 3.41. The molecule has 1 aromatic carbocycles. The Morgan fingerprint density at radius 2 is 2.09 bits per heavy atom. The molecular formula is C22H30FN7O2. The number of ether oxygens (including phenoxy) is 2. The van der Waals surface area contributed by atoms with Gasteiger partial charge in [-0.25, -0.2) is 9.07 Å². The number of hydrogen-bond donors (Lipinski definition) is 3. The highest BCUT2D eigenvalue weighted by Crippen LogP contribution is 2.21. The van der Waals surface area contributed by atoms with Crippen LogP contribution in [-0.4, -0.2) is 61.8 Å². The van der Waals surface area contributed by atoms with E-state index in [4.69, 9.17) is 15.2 Å². The predicted octanol–water partition coefficient (Wildman–Crippen LogP) is 1.76. The third-order valence-corrected chi connectivity index (χ3v) is 5.14. The maximum atomic E-state index is 13.2. The molecule has 0 radical (unpaired) electrons. The maximum Gasteiger partial charge on any atom is 0.190 e. The van der Waals surface area contributed by atoms with Crippen molar-refractivity contribution in [3.05, 3.63) is 41.3 Å². The van der Waals surface area contributed by atoms with Crippen molar-refractivity contribution in [2.45, 2.75) is 31.8 Å². The average molecular weight is 444 g/mol. The lowest BCUT2D eigenvalue weighted by atomic mass is 10.1. The van der Waals surface area contributed by atoms with Crippen LogP contribution in [0.1, 0.15) is 30.5 Å². The first kappa shape index (κ1) is 23.5. The van der Waals surface area contributed by atoms with Crippen LogP contribution in [0.25, 0.3) is 5.69 Å². The zero-order valence-electron chi connectivity index (χ0n) is 18.3. The first-order valence-electron chi connectivity index (χ1n) is 10.8. The lowest BCUT2D eigenvalue weighted by molar-refractivity contribution is 0.0420. The van der Waals surface area contributed by atoms with Crippen LogP contribution < -0.4 is 16.4 Å². The number of nitrogen functional groups attached to an aromatic ring is 1. The highest BCUT2D eigenvalue weighted by atomic mass is 19.1. The summed E-state index contributed by atoms with van der Waals surface area (Å²) in [7, 11) is 1.72. The Labute approximate surface area is 187 Å². The van der Waals surface area contributed by atoms with Gasteiger partial charge < -0.3 is 25.8 Å². The molecule has 1 aliphatic rings. The summed E-state index contributed by atoms with van der Waals surface area (Å²) in [6.45, 7) is 3.58. The molecule has 1 atom stereocenters. The first-order valence-corrected chi connectivity index (χ1v) is 10.8. The Hall–Kier alpha value is -3.16. The van der Waals surface area contributed by atoms with Crippen LogP contribution in [0.15, 0.2) is 29.3 Å². The SMILES string of the molecule is CN=C(NCCCOC1CCOC1)NCCCc1nn(-c2ccc(F)cc2)c(N)c1C#N. The topological polar surface area (TPSA) is 123 Å². The highest BCUT2D eigenvalue weighted by molar-refractivity contribution is 5.79. The molecule has 0 aliphatic carbocycles. The van der Waals surface area contributed by atoms with Gasteiger partial charge in [0.05, 0.1) is 24.1 Å². The third-order valence-electron chi connectivity index (χ3n) is 5.14. The minimum absolute atomic E-state index is 0.228. The monoisotopic (exact) mass is 443 g/mol. The van der Waals surface area contributed by atoms with Crippen molar-refractivity contribution in [3.8, 4) is 11.8 Å². The van der Waals surface area contributed by atoms with E-state index in [2.05, 4.69) is 26.8 Å². The number of aromatic nitrogens is 2. The van der Waals surface area contributed by atoms with Gasteiger partial charge in [-0.05, 0) is 49.9 Å². The van der Waals surface area contributed by atoms with Crippen LogP contribution in [0.4, 0.5) is 10.2 Å². The van der Waals surface area contributed by atoms with Crippen molar-refractivity contribution in [1.29, 1.82) is 5.26 Å². The number of hydrogen-bond acceptors (Lipinski definition) is 6. The molecule has 4 N–H and O–H groups in total. The third kappa shape index (κ3) is 6.42. The van der Waals surface area contributed by atoms with Gasteiger partial charge in [0.1, 0.15) is 23.3 Å². The van der Waals surface area contributed by atoms with Gasteiger partial charge in [0.25, 0.3) is 0 Å². The fraction of sp³-hybridized carbons (Fsp3) is 0.500. The zero-order chi connectivity index (χ0) is 22.8. The molecule has 172 valence electrons. The molecule has 1 fully saturated rings. The number of rotatable bonds is 10. The molecule has 10 heteroatoms. The smallest absolute Gasteiger partial charge is 0.190 e. The number of aliphatic imine (C=N–C) groups is 1. The minimum Gasteiger partial charge on any atom is -0.382 e. The lowest BCUT2D eigenvalue weighted by Gasteiger charge is -2.13. The van der Waals surface area contributed by atoms with Crippen LogP contribution in [0.5, 0.6) is 0 Å². The molecular weight excluding hydrogens is 413 g/mol. The first-order chi connectivity index (χ1) is 15.6. The summed E-state index contributed by atoms with van der Waals surface area (Å²) in [6, 6.07) is 7.95. The molecule has 0 saturated carbocycles. The number of nitriles is 1. The van der Waals surface area contributed by atoms with Crippen LogP contribution >= 0.6 is 0 Å². The molecule has 0 spiro atoms. The molecule has 1 saturated heterocycles. The van der Waals surface area contributed by atoms with Crippen molar-refractivity contribution in [3.63, 3.8) is 0 Å². The fourth-order valence-corrected chi connectivity index (χ4v) is 3.41. The largest absolute Gasteiger partial charge is 0.382 e. The van der Waals surface area contributed by atoms with E-state index in [0.29, 0.717) is 49.1 Å². The summed E-state index contributed by atoms with van der Waals surface area (Å²) in [5, 5.41) is 20.5. The highest BCUT2D eigenvalue weighted by Gasteiger charge is 2.17. The van der Waals surface area contributed by atoms with Gasteiger partial charge in [0, 0.05) is 33.4 Å². The molecule has 32 heavy (non-hydrogen) atoms. The van der Waals surface area contributed by atoms with E-state index in [9.17, 15) is 9.65 Å². The minimum atomic E-state index is -0.343. The van der Waals surface area contributed by atoms with E-state index < -0.39 is 0 Å². The van der Waals surface area contributed by atoms with Gasteiger partial charge in [0.15, 0.2) is 5.96 Å². The second-order valence-corrected chi connectivity index (χ2v) is 7.45. The van der Waals surface area contributed by atoms with Gasteiger partial charge in [-0.2, -0.15) is 10.4 Å². The molecule has 2 aromatic rings. The molecule has 1 aromatic heterocycles. The second-order valence-electron chi connectivity index (χ2n) is 7.45. The Morgan fingerprint density at radius 3 is 2.75 bits per heavy atom. The van der Waals surface area contributed by atoms with E-state index >= 15 is 0 Å². The van der Waals surface area contributed by atoms with Crippen molar-refractivity contribution in [2.75, 3.05) is 45.7 Å². The summed E-state index contributed by atoms with van der Waals surface area (Å²) in [5.41, 5.74) is 7.68. The number of benzene rings is 1. The summed E-state index contributed by atoms with van der Waals surface area (Å²) in [5.74, 6) is 0.626. The predicted molar refractivity (Wildman–Crippen MR) is 120 cm³/mol. The van der Waals surface area contributed by atoms with Crippen LogP contribution in [0.2, 0.25) is 0 Å². The average Bonchev–Trinajstić information content (AvgIpc) is 3.43. The van der Waals surface area contributed by atoms with Crippen molar-refractivity contribution in [1.82, 2.24) is 20.4 Å². The van der Waals surface area contributed by atoms with E-state index in [0.717, 1.165) is 32.4 Å². The number of nitrogens with one attached hydrogen (secondary N) is 2. The van der Waals surface area contributed by atoms with Crippen LogP contribution in [0.3, 0.4) is 0 Å². The van der Waals surface area contributed by atoms with E-state index in [-0.39, 0.29) is 17.7 Å². The molecule has 0 amide bonds. The Bertz CT molecular complexity index is 931. The van der Waals surface area contributed by atoms with Crippen LogP contribution in [0, 0.1) is 17.1 Å². The van der Waals surface area contributed by atoms with Gasteiger partial charge in [-0.15, -0.1) is 0 Å². The van der Waals surface area contributed by atoms with Gasteiger partial charge in [-0.3, -0.25) is 4.99 Å². The van der Waals surface area contributed by atoms with Crippen molar-refractivity contribution in [2.24, 2.45) is 4.99 Å². The van der Waals surface area contributed by atoms with Crippen LogP contribution in [-0.2, 0) is 15.9 Å². The number of halogens is 1. The van der Waals surface area contributed by atoms with Gasteiger partial charge in [-0.1, -0.05) is 0 Å². The van der Waals surface area contributed by atoms with Crippen molar-refractivity contribution >= 4 is 11.8 Å². The Kier molecular flexibility index (Phi) is 8.83. The molecule has 9 nitrogen and oxygen atoms in total. The second kappa shape index (κ2) is 12.0. The summed E-state index contributed by atoms with van der Waals surface area (Å²) < 4.78 is 25.7. The Morgan fingerprint density at radius 1 is 1.34 bits per heavy atom. The summed E-state index contributed by atoms with van der Waals surface area (Å²) in [6.07, 6.45) is 3.38. The lowest BCUT2D eigenvalue weighted by Crippen LogP contribution is -2.38. The normalized spacial score (nSPS) is 16.2. The van der Waals surface area contributed by atoms with E-state index in [1.807, 2.05) is 0 Å². The number of anilines is 1. The Balaban J connectivity index is 1.41. The van der Waals surface area contributed by atoms with E-state index in [1.165, 1.54) is 16.8 Å². The van der Waals surface area contributed by atoms with E-state index in [1.54, 1.807) is 19.2 Å². The summed E-state index contributed by atoms with van der Waals surface area (Å²) in [4.78, 5) is 4.22. The molecule has 1 aliphatic heterocycles. The summed E-state index contributed by atoms with van der Waals surface area (Å²) >= 11 is 0.